The Labute approximate surface area is 128 Å². The molecule has 0 radical (unpaired) electrons. The molecule has 0 atom stereocenters. The predicted molar refractivity (Wildman–Crippen MR) is 86.1 cm³/mol. The SMILES string of the molecule is Oc1ccc(C2(c3cccc(Br)c3)CCCCC2)cc1. The van der Waals surface area contributed by atoms with E-state index in [1.807, 2.05) is 12.1 Å². The Kier molecular flexibility index (Phi) is 3.84. The Balaban J connectivity index is 2.11. The first-order valence-electron chi connectivity index (χ1n) is 7.26. The molecule has 1 aliphatic rings. The average Bonchev–Trinajstić information content (AvgIpc) is 2.49. The number of halogens is 1. The Morgan fingerprint density at radius 3 is 2.20 bits per heavy atom. The molecule has 2 heteroatoms. The quantitative estimate of drug-likeness (QED) is 0.781. The molecule has 0 saturated heterocycles. The van der Waals surface area contributed by atoms with Gasteiger partial charge >= 0.3 is 0 Å². The number of hydrogen-bond acceptors (Lipinski definition) is 1. The normalized spacial score (nSPS) is 17.9. The van der Waals surface area contributed by atoms with E-state index in [0.29, 0.717) is 5.75 Å². The molecule has 104 valence electrons. The summed E-state index contributed by atoms with van der Waals surface area (Å²) < 4.78 is 1.14. The average molecular weight is 331 g/mol. The first-order chi connectivity index (χ1) is 9.71. The third kappa shape index (κ3) is 2.49. The van der Waals surface area contributed by atoms with Crippen molar-refractivity contribution in [2.45, 2.75) is 37.5 Å². The summed E-state index contributed by atoms with van der Waals surface area (Å²) in [6, 6.07) is 16.5. The van der Waals surface area contributed by atoms with E-state index in [1.165, 1.54) is 43.2 Å². The van der Waals surface area contributed by atoms with E-state index in [4.69, 9.17) is 0 Å². The van der Waals surface area contributed by atoms with E-state index >= 15 is 0 Å². The Morgan fingerprint density at radius 2 is 1.55 bits per heavy atom. The van der Waals surface area contributed by atoms with E-state index in [1.54, 1.807) is 0 Å². The summed E-state index contributed by atoms with van der Waals surface area (Å²) in [6.45, 7) is 0. The summed E-state index contributed by atoms with van der Waals surface area (Å²) in [5.74, 6) is 0.342. The van der Waals surface area contributed by atoms with Gasteiger partial charge in [0.05, 0.1) is 0 Å². The van der Waals surface area contributed by atoms with Gasteiger partial charge in [0, 0.05) is 9.89 Å². The van der Waals surface area contributed by atoms with Crippen LogP contribution in [0.4, 0.5) is 0 Å². The Bertz CT molecular complexity index is 583. The van der Waals surface area contributed by atoms with Crippen LogP contribution < -0.4 is 0 Å². The van der Waals surface area contributed by atoms with E-state index < -0.39 is 0 Å². The van der Waals surface area contributed by atoms with Crippen molar-refractivity contribution in [1.29, 1.82) is 0 Å². The van der Waals surface area contributed by atoms with Crippen LogP contribution in [0.5, 0.6) is 5.75 Å². The maximum Gasteiger partial charge on any atom is 0.115 e. The smallest absolute Gasteiger partial charge is 0.115 e. The third-order valence-corrected chi connectivity index (χ3v) is 5.00. The van der Waals surface area contributed by atoms with Crippen LogP contribution in [0.2, 0.25) is 0 Å². The van der Waals surface area contributed by atoms with Crippen LogP contribution in [-0.2, 0) is 5.41 Å². The molecule has 2 aromatic carbocycles. The summed E-state index contributed by atoms with van der Waals surface area (Å²) in [5.41, 5.74) is 2.82. The molecule has 0 unspecified atom stereocenters. The fraction of sp³-hybridized carbons (Fsp3) is 0.333. The van der Waals surface area contributed by atoms with Crippen LogP contribution in [-0.4, -0.2) is 5.11 Å². The largest absolute Gasteiger partial charge is 0.508 e. The minimum Gasteiger partial charge on any atom is -0.508 e. The molecule has 0 spiro atoms. The Hall–Kier alpha value is -1.28. The second-order valence-electron chi connectivity index (χ2n) is 5.70. The molecule has 20 heavy (non-hydrogen) atoms. The zero-order chi connectivity index (χ0) is 14.0. The van der Waals surface area contributed by atoms with Gasteiger partial charge in [0.1, 0.15) is 5.75 Å². The zero-order valence-electron chi connectivity index (χ0n) is 11.5. The van der Waals surface area contributed by atoms with Gasteiger partial charge in [-0.05, 0) is 48.2 Å². The maximum absolute atomic E-state index is 9.55. The summed E-state index contributed by atoms with van der Waals surface area (Å²) in [4.78, 5) is 0. The zero-order valence-corrected chi connectivity index (χ0v) is 13.1. The molecule has 1 saturated carbocycles. The lowest BCUT2D eigenvalue weighted by Gasteiger charge is -2.38. The summed E-state index contributed by atoms with van der Waals surface area (Å²) >= 11 is 3.60. The van der Waals surface area contributed by atoms with Gasteiger partial charge in [0.25, 0.3) is 0 Å². The summed E-state index contributed by atoms with van der Waals surface area (Å²) in [7, 11) is 0. The van der Waals surface area contributed by atoms with Gasteiger partial charge < -0.3 is 5.11 Å². The second-order valence-corrected chi connectivity index (χ2v) is 6.62. The topological polar surface area (TPSA) is 20.2 Å². The van der Waals surface area contributed by atoms with Crippen molar-refractivity contribution >= 4 is 15.9 Å². The molecule has 1 fully saturated rings. The van der Waals surface area contributed by atoms with Crippen molar-refractivity contribution in [3.8, 4) is 5.75 Å². The molecule has 0 bridgehead atoms. The van der Waals surface area contributed by atoms with Gasteiger partial charge in [-0.3, -0.25) is 0 Å². The van der Waals surface area contributed by atoms with E-state index in [2.05, 4.69) is 52.3 Å². The van der Waals surface area contributed by atoms with Crippen molar-refractivity contribution in [2.24, 2.45) is 0 Å². The van der Waals surface area contributed by atoms with Crippen LogP contribution in [0.1, 0.15) is 43.2 Å². The van der Waals surface area contributed by atoms with E-state index in [9.17, 15) is 5.11 Å². The van der Waals surface area contributed by atoms with Crippen LogP contribution >= 0.6 is 15.9 Å². The highest BCUT2D eigenvalue weighted by molar-refractivity contribution is 9.10. The number of benzene rings is 2. The van der Waals surface area contributed by atoms with Gasteiger partial charge in [-0.25, -0.2) is 0 Å². The minimum absolute atomic E-state index is 0.107. The van der Waals surface area contributed by atoms with Gasteiger partial charge in [-0.15, -0.1) is 0 Å². The van der Waals surface area contributed by atoms with Gasteiger partial charge in [0.15, 0.2) is 0 Å². The van der Waals surface area contributed by atoms with Crippen molar-refractivity contribution in [1.82, 2.24) is 0 Å². The molecule has 1 N–H and O–H groups in total. The van der Waals surface area contributed by atoms with Crippen LogP contribution in [0.3, 0.4) is 0 Å². The first-order valence-corrected chi connectivity index (χ1v) is 8.06. The van der Waals surface area contributed by atoms with Crippen molar-refractivity contribution < 1.29 is 5.11 Å². The van der Waals surface area contributed by atoms with Crippen molar-refractivity contribution in [3.63, 3.8) is 0 Å². The van der Waals surface area contributed by atoms with Crippen LogP contribution in [0.25, 0.3) is 0 Å². The lowest BCUT2D eigenvalue weighted by Crippen LogP contribution is -2.30. The van der Waals surface area contributed by atoms with Crippen LogP contribution in [0, 0.1) is 0 Å². The monoisotopic (exact) mass is 330 g/mol. The molecule has 2 aromatic rings. The summed E-state index contributed by atoms with van der Waals surface area (Å²) in [6.07, 6.45) is 6.25. The highest BCUT2D eigenvalue weighted by Gasteiger charge is 2.35. The number of hydrogen-bond donors (Lipinski definition) is 1. The number of aromatic hydroxyl groups is 1. The molecular formula is C18H19BrO. The highest BCUT2D eigenvalue weighted by atomic mass is 79.9. The summed E-state index contributed by atoms with van der Waals surface area (Å²) in [5, 5.41) is 9.55. The standard InChI is InChI=1S/C18H19BrO/c19-16-6-4-5-15(13-16)18(11-2-1-3-12-18)14-7-9-17(20)10-8-14/h4-10,13,20H,1-3,11-12H2. The minimum atomic E-state index is 0.107. The maximum atomic E-state index is 9.55. The molecular weight excluding hydrogens is 312 g/mol. The molecule has 0 aliphatic heterocycles. The van der Waals surface area contributed by atoms with Gasteiger partial charge in [0.2, 0.25) is 0 Å². The lowest BCUT2D eigenvalue weighted by molar-refractivity contribution is 0.345. The van der Waals surface area contributed by atoms with Gasteiger partial charge in [-0.2, -0.15) is 0 Å². The number of rotatable bonds is 2. The highest BCUT2D eigenvalue weighted by Crippen LogP contribution is 2.45. The van der Waals surface area contributed by atoms with Crippen LogP contribution in [0.15, 0.2) is 53.0 Å². The fourth-order valence-corrected chi connectivity index (χ4v) is 3.87. The Morgan fingerprint density at radius 1 is 0.850 bits per heavy atom. The third-order valence-electron chi connectivity index (χ3n) is 4.50. The van der Waals surface area contributed by atoms with Gasteiger partial charge in [-0.1, -0.05) is 59.5 Å². The predicted octanol–water partition coefficient (Wildman–Crippen LogP) is 5.40. The van der Waals surface area contributed by atoms with E-state index in [-0.39, 0.29) is 5.41 Å². The molecule has 1 nitrogen and oxygen atoms in total. The molecule has 3 rings (SSSR count). The molecule has 0 amide bonds. The number of phenols is 1. The van der Waals surface area contributed by atoms with E-state index in [0.717, 1.165) is 4.47 Å². The van der Waals surface area contributed by atoms with Crippen molar-refractivity contribution in [2.75, 3.05) is 0 Å². The molecule has 0 aromatic heterocycles. The number of phenolic OH excluding ortho intramolecular Hbond substituents is 1. The fourth-order valence-electron chi connectivity index (χ4n) is 3.47. The second kappa shape index (κ2) is 5.61. The molecule has 0 heterocycles. The lowest BCUT2D eigenvalue weighted by atomic mass is 9.65. The molecule has 1 aliphatic carbocycles. The van der Waals surface area contributed by atoms with Crippen molar-refractivity contribution in [3.05, 3.63) is 64.1 Å². The first kappa shape index (κ1) is 13.7.